The van der Waals surface area contributed by atoms with Crippen LogP contribution >= 0.6 is 27.7 Å². The maximum absolute atomic E-state index is 12.8. The quantitative estimate of drug-likeness (QED) is 0.268. The maximum atomic E-state index is 12.8. The number of ether oxygens (including phenoxy) is 1. The third-order valence-electron chi connectivity index (χ3n) is 3.83. The Morgan fingerprint density at radius 1 is 0.852 bits per heavy atom. The fourth-order valence-electron chi connectivity index (χ4n) is 2.49. The summed E-state index contributed by atoms with van der Waals surface area (Å²) in [4.78, 5) is 26.1. The molecule has 5 heteroatoms. The van der Waals surface area contributed by atoms with Crippen molar-refractivity contribution < 1.29 is 14.3 Å². The lowest BCUT2D eigenvalue weighted by Crippen LogP contribution is -2.19. The first-order valence-corrected chi connectivity index (χ1v) is 10.0. The van der Waals surface area contributed by atoms with Crippen molar-refractivity contribution in [2.24, 2.45) is 0 Å². The predicted octanol–water partition coefficient (Wildman–Crippen LogP) is 5.71. The highest BCUT2D eigenvalue weighted by molar-refractivity contribution is 9.10. The van der Waals surface area contributed by atoms with E-state index in [1.54, 1.807) is 18.2 Å². The summed E-state index contributed by atoms with van der Waals surface area (Å²) in [6.45, 7) is -0.292. The number of thioether (sulfide) groups is 1. The molecule has 0 aliphatic rings. The number of carbonyl (C=O) groups is 2. The zero-order valence-electron chi connectivity index (χ0n) is 14.4. The van der Waals surface area contributed by atoms with Gasteiger partial charge in [0.2, 0.25) is 5.78 Å². The van der Waals surface area contributed by atoms with Gasteiger partial charge in [0.25, 0.3) is 0 Å². The highest BCUT2D eigenvalue weighted by Crippen LogP contribution is 2.36. The summed E-state index contributed by atoms with van der Waals surface area (Å²) in [7, 11) is 0. The molecule has 0 bridgehead atoms. The SMILES string of the molecule is O=C(COC(=O)[C@H](Sc1ccccc1)c1ccccc1)c1ccccc1Br. The zero-order chi connectivity index (χ0) is 19.1. The molecule has 136 valence electrons. The molecule has 0 saturated heterocycles. The van der Waals surface area contributed by atoms with Crippen LogP contribution in [0.3, 0.4) is 0 Å². The molecule has 0 aliphatic carbocycles. The van der Waals surface area contributed by atoms with Gasteiger partial charge in [0.1, 0.15) is 5.25 Å². The summed E-state index contributed by atoms with van der Waals surface area (Å²) in [6, 6.07) is 26.2. The smallest absolute Gasteiger partial charge is 0.324 e. The number of halogens is 1. The van der Waals surface area contributed by atoms with Gasteiger partial charge >= 0.3 is 5.97 Å². The molecule has 0 unspecified atom stereocenters. The van der Waals surface area contributed by atoms with E-state index < -0.39 is 11.2 Å². The van der Waals surface area contributed by atoms with Crippen LogP contribution in [-0.2, 0) is 9.53 Å². The second kappa shape index (κ2) is 9.53. The average molecular weight is 441 g/mol. The first kappa shape index (κ1) is 19.4. The van der Waals surface area contributed by atoms with E-state index in [-0.39, 0.29) is 12.4 Å². The molecule has 0 fully saturated rings. The van der Waals surface area contributed by atoms with Gasteiger partial charge in [0.05, 0.1) is 0 Å². The van der Waals surface area contributed by atoms with Crippen LogP contribution in [0, 0.1) is 0 Å². The molecule has 0 amide bonds. The standard InChI is InChI=1S/C22H17BrO3S/c23-19-14-8-7-13-18(19)20(24)15-26-22(25)21(16-9-3-1-4-10-16)27-17-11-5-2-6-12-17/h1-14,21H,15H2/t21-/m1/s1. The maximum Gasteiger partial charge on any atom is 0.324 e. The third-order valence-corrected chi connectivity index (χ3v) is 5.77. The van der Waals surface area contributed by atoms with E-state index in [0.717, 1.165) is 10.5 Å². The minimum atomic E-state index is -0.541. The molecule has 1 atom stereocenters. The number of rotatable bonds is 7. The second-order valence-corrected chi connectivity index (χ2v) is 7.77. The zero-order valence-corrected chi connectivity index (χ0v) is 16.8. The van der Waals surface area contributed by atoms with Gasteiger partial charge in [0.15, 0.2) is 6.61 Å². The molecule has 0 radical (unpaired) electrons. The molecule has 0 aliphatic heterocycles. The number of hydrogen-bond donors (Lipinski definition) is 0. The fourth-order valence-corrected chi connectivity index (χ4v) is 4.04. The van der Waals surface area contributed by atoms with Crippen LogP contribution < -0.4 is 0 Å². The monoisotopic (exact) mass is 440 g/mol. The first-order chi connectivity index (χ1) is 13.1. The lowest BCUT2D eigenvalue weighted by atomic mass is 10.1. The largest absolute Gasteiger partial charge is 0.456 e. The van der Waals surface area contributed by atoms with Crippen LogP contribution in [0.5, 0.6) is 0 Å². The molecule has 0 saturated carbocycles. The van der Waals surface area contributed by atoms with E-state index in [9.17, 15) is 9.59 Å². The van der Waals surface area contributed by atoms with E-state index in [0.29, 0.717) is 10.0 Å². The van der Waals surface area contributed by atoms with Crippen molar-refractivity contribution >= 4 is 39.4 Å². The number of benzene rings is 3. The summed E-state index contributed by atoms with van der Waals surface area (Å²) in [6.07, 6.45) is 0. The lowest BCUT2D eigenvalue weighted by molar-refractivity contribution is -0.142. The number of hydrogen-bond acceptors (Lipinski definition) is 4. The number of ketones is 1. The van der Waals surface area contributed by atoms with E-state index in [4.69, 9.17) is 4.74 Å². The number of carbonyl (C=O) groups excluding carboxylic acids is 2. The number of esters is 1. The van der Waals surface area contributed by atoms with E-state index in [1.165, 1.54) is 11.8 Å². The lowest BCUT2D eigenvalue weighted by Gasteiger charge is -2.16. The molecule has 0 heterocycles. The highest BCUT2D eigenvalue weighted by Gasteiger charge is 2.24. The van der Waals surface area contributed by atoms with Gasteiger partial charge in [0, 0.05) is 14.9 Å². The van der Waals surface area contributed by atoms with Crippen LogP contribution in [0.4, 0.5) is 0 Å². The minimum Gasteiger partial charge on any atom is -0.456 e. The molecule has 3 aromatic rings. The molecule has 3 aromatic carbocycles. The van der Waals surface area contributed by atoms with Gasteiger partial charge in [-0.25, -0.2) is 0 Å². The van der Waals surface area contributed by atoms with Crippen LogP contribution in [0.25, 0.3) is 0 Å². The Balaban J connectivity index is 1.73. The van der Waals surface area contributed by atoms with Crippen molar-refractivity contribution in [2.45, 2.75) is 10.1 Å². The van der Waals surface area contributed by atoms with Crippen LogP contribution in [0.15, 0.2) is 94.3 Å². The van der Waals surface area contributed by atoms with Crippen molar-refractivity contribution in [3.05, 3.63) is 101 Å². The van der Waals surface area contributed by atoms with Crippen molar-refractivity contribution in [1.82, 2.24) is 0 Å². The van der Waals surface area contributed by atoms with Gasteiger partial charge in [-0.3, -0.25) is 9.59 Å². The molecular formula is C22H17BrO3S. The summed E-state index contributed by atoms with van der Waals surface area (Å²) in [5.74, 6) is -0.678. The van der Waals surface area contributed by atoms with Gasteiger partial charge in [-0.1, -0.05) is 82.7 Å². The molecule has 27 heavy (non-hydrogen) atoms. The Bertz CT molecular complexity index is 913. The van der Waals surface area contributed by atoms with Crippen molar-refractivity contribution in [2.75, 3.05) is 6.61 Å². The van der Waals surface area contributed by atoms with Crippen LogP contribution in [0.1, 0.15) is 21.2 Å². The molecule has 0 aromatic heterocycles. The van der Waals surface area contributed by atoms with Gasteiger partial charge in [-0.15, -0.1) is 11.8 Å². The Labute approximate surface area is 170 Å². The van der Waals surface area contributed by atoms with E-state index in [2.05, 4.69) is 15.9 Å². The fraction of sp³-hybridized carbons (Fsp3) is 0.0909. The first-order valence-electron chi connectivity index (χ1n) is 8.36. The Morgan fingerprint density at radius 3 is 2.11 bits per heavy atom. The summed E-state index contributed by atoms with van der Waals surface area (Å²) in [5, 5.41) is -0.541. The Kier molecular flexibility index (Phi) is 6.85. The summed E-state index contributed by atoms with van der Waals surface area (Å²) < 4.78 is 6.06. The van der Waals surface area contributed by atoms with Gasteiger partial charge in [-0.05, 0) is 23.8 Å². The Morgan fingerprint density at radius 2 is 1.44 bits per heavy atom. The topological polar surface area (TPSA) is 43.4 Å². The molecule has 3 rings (SSSR count). The minimum absolute atomic E-state index is 0.243. The van der Waals surface area contributed by atoms with Gasteiger partial charge in [-0.2, -0.15) is 0 Å². The summed E-state index contributed by atoms with van der Waals surface area (Å²) >= 11 is 4.75. The second-order valence-electron chi connectivity index (χ2n) is 5.73. The van der Waals surface area contributed by atoms with Crippen LogP contribution in [-0.4, -0.2) is 18.4 Å². The molecule has 0 spiro atoms. The van der Waals surface area contributed by atoms with Crippen LogP contribution in [0.2, 0.25) is 0 Å². The van der Waals surface area contributed by atoms with Gasteiger partial charge < -0.3 is 4.74 Å². The number of Topliss-reactive ketones (excluding diaryl/α,β-unsaturated/α-hetero) is 1. The normalized spacial score (nSPS) is 11.6. The van der Waals surface area contributed by atoms with Crippen molar-refractivity contribution in [3.63, 3.8) is 0 Å². The molecule has 3 nitrogen and oxygen atoms in total. The van der Waals surface area contributed by atoms with E-state index >= 15 is 0 Å². The molecule has 0 N–H and O–H groups in total. The Hall–Kier alpha value is -2.37. The van der Waals surface area contributed by atoms with Crippen molar-refractivity contribution in [3.8, 4) is 0 Å². The predicted molar refractivity (Wildman–Crippen MR) is 111 cm³/mol. The average Bonchev–Trinajstić information content (AvgIpc) is 2.72. The molecular weight excluding hydrogens is 424 g/mol. The van der Waals surface area contributed by atoms with E-state index in [1.807, 2.05) is 66.7 Å². The third kappa shape index (κ3) is 5.31. The highest BCUT2D eigenvalue weighted by atomic mass is 79.9. The summed E-state index contributed by atoms with van der Waals surface area (Å²) in [5.41, 5.74) is 1.34. The van der Waals surface area contributed by atoms with Crippen molar-refractivity contribution in [1.29, 1.82) is 0 Å².